The van der Waals surface area contributed by atoms with E-state index < -0.39 is 0 Å². The summed E-state index contributed by atoms with van der Waals surface area (Å²) >= 11 is 1.36. The molecular weight excluding hydrogens is 408 g/mol. The van der Waals surface area contributed by atoms with Crippen LogP contribution in [0.15, 0.2) is 70.4 Å². The minimum Gasteiger partial charge on any atom is -0.467 e. The quantitative estimate of drug-likeness (QED) is 0.404. The van der Waals surface area contributed by atoms with Crippen LogP contribution in [0.2, 0.25) is 0 Å². The molecule has 4 rings (SSSR count). The van der Waals surface area contributed by atoms with Crippen LogP contribution in [-0.2, 0) is 11.3 Å². The zero-order chi connectivity index (χ0) is 21.8. The lowest BCUT2D eigenvalue weighted by molar-refractivity contribution is -0.113. The van der Waals surface area contributed by atoms with Crippen LogP contribution in [-0.4, -0.2) is 26.4 Å². The van der Waals surface area contributed by atoms with Gasteiger partial charge in [-0.3, -0.25) is 9.36 Å². The fourth-order valence-corrected chi connectivity index (χ4v) is 4.07. The minimum atomic E-state index is -0.0770. The Balaban J connectivity index is 1.54. The molecule has 2 aromatic heterocycles. The highest BCUT2D eigenvalue weighted by molar-refractivity contribution is 7.99. The van der Waals surface area contributed by atoms with Crippen molar-refractivity contribution in [1.82, 2.24) is 14.8 Å². The Labute approximate surface area is 185 Å². The molecule has 0 aliphatic carbocycles. The van der Waals surface area contributed by atoms with Gasteiger partial charge < -0.3 is 9.73 Å². The number of benzene rings is 2. The third-order valence-corrected chi connectivity index (χ3v) is 5.97. The van der Waals surface area contributed by atoms with Crippen LogP contribution in [0.5, 0.6) is 0 Å². The van der Waals surface area contributed by atoms with Crippen LogP contribution in [0.4, 0.5) is 5.69 Å². The van der Waals surface area contributed by atoms with Crippen LogP contribution in [0.1, 0.15) is 22.5 Å². The maximum absolute atomic E-state index is 12.6. The lowest BCUT2D eigenvalue weighted by Gasteiger charge is -2.12. The molecule has 2 aromatic carbocycles. The molecule has 158 valence electrons. The van der Waals surface area contributed by atoms with Gasteiger partial charge in [-0.15, -0.1) is 10.2 Å². The van der Waals surface area contributed by atoms with Crippen LogP contribution in [0, 0.1) is 20.8 Å². The fraction of sp³-hybridized carbons (Fsp3) is 0.208. The third-order valence-electron chi connectivity index (χ3n) is 5.00. The first-order chi connectivity index (χ1) is 15.0. The van der Waals surface area contributed by atoms with Crippen molar-refractivity contribution < 1.29 is 9.21 Å². The van der Waals surface area contributed by atoms with Gasteiger partial charge in [0.1, 0.15) is 5.76 Å². The summed E-state index contributed by atoms with van der Waals surface area (Å²) in [7, 11) is 0. The second-order valence-electron chi connectivity index (χ2n) is 7.44. The van der Waals surface area contributed by atoms with Gasteiger partial charge in [0.2, 0.25) is 5.91 Å². The molecule has 0 saturated heterocycles. The van der Waals surface area contributed by atoms with Crippen molar-refractivity contribution in [3.05, 3.63) is 83.3 Å². The number of amides is 1. The summed E-state index contributed by atoms with van der Waals surface area (Å²) in [5.74, 6) is 1.70. The van der Waals surface area contributed by atoms with Crippen molar-refractivity contribution in [1.29, 1.82) is 0 Å². The average molecular weight is 433 g/mol. The van der Waals surface area contributed by atoms with Crippen molar-refractivity contribution >= 4 is 23.4 Å². The topological polar surface area (TPSA) is 73.0 Å². The van der Waals surface area contributed by atoms with Gasteiger partial charge in [0, 0.05) is 11.3 Å². The summed E-state index contributed by atoms with van der Waals surface area (Å²) < 4.78 is 7.52. The molecule has 2 heterocycles. The Morgan fingerprint density at radius 2 is 1.74 bits per heavy atom. The van der Waals surface area contributed by atoms with Crippen molar-refractivity contribution in [3.8, 4) is 11.4 Å². The molecule has 0 bridgehead atoms. The molecule has 7 heteroatoms. The van der Waals surface area contributed by atoms with E-state index in [9.17, 15) is 4.79 Å². The normalized spacial score (nSPS) is 10.9. The van der Waals surface area contributed by atoms with Gasteiger partial charge in [-0.2, -0.15) is 0 Å². The van der Waals surface area contributed by atoms with E-state index in [2.05, 4.69) is 15.5 Å². The summed E-state index contributed by atoms with van der Waals surface area (Å²) in [6, 6.07) is 17.9. The highest BCUT2D eigenvalue weighted by atomic mass is 32.2. The number of nitrogens with one attached hydrogen (secondary N) is 1. The molecule has 0 fully saturated rings. The van der Waals surface area contributed by atoms with Gasteiger partial charge in [-0.1, -0.05) is 59.8 Å². The number of nitrogens with zero attached hydrogens (tertiary/aromatic N) is 3. The number of carbonyl (C=O) groups is 1. The predicted octanol–water partition coefficient (Wildman–Crippen LogP) is 5.24. The van der Waals surface area contributed by atoms with Crippen LogP contribution in [0.3, 0.4) is 0 Å². The van der Waals surface area contributed by atoms with Crippen LogP contribution < -0.4 is 5.32 Å². The van der Waals surface area contributed by atoms with E-state index in [1.165, 1.54) is 17.3 Å². The van der Waals surface area contributed by atoms with E-state index >= 15 is 0 Å². The maximum Gasteiger partial charge on any atom is 0.234 e. The lowest BCUT2D eigenvalue weighted by atomic mass is 10.1. The van der Waals surface area contributed by atoms with Crippen LogP contribution >= 0.6 is 11.8 Å². The number of hydrogen-bond donors (Lipinski definition) is 1. The van der Waals surface area contributed by atoms with Crippen molar-refractivity contribution in [2.24, 2.45) is 0 Å². The fourth-order valence-electron chi connectivity index (χ4n) is 3.33. The van der Waals surface area contributed by atoms with Crippen molar-refractivity contribution in [2.45, 2.75) is 32.5 Å². The van der Waals surface area contributed by atoms with E-state index in [-0.39, 0.29) is 11.7 Å². The second kappa shape index (κ2) is 9.22. The highest BCUT2D eigenvalue weighted by Crippen LogP contribution is 2.26. The first kappa shape index (κ1) is 20.9. The predicted molar refractivity (Wildman–Crippen MR) is 123 cm³/mol. The van der Waals surface area contributed by atoms with E-state index in [1.54, 1.807) is 6.26 Å². The molecule has 0 aliphatic rings. The molecule has 4 aromatic rings. The number of hydrogen-bond acceptors (Lipinski definition) is 5. The number of thioether (sulfide) groups is 1. The number of carbonyl (C=O) groups excluding carboxylic acids is 1. The second-order valence-corrected chi connectivity index (χ2v) is 8.38. The zero-order valence-corrected chi connectivity index (χ0v) is 18.6. The number of rotatable bonds is 7. The number of para-hydroxylation sites is 1. The Morgan fingerprint density at radius 3 is 2.42 bits per heavy atom. The average Bonchev–Trinajstić information content (AvgIpc) is 3.41. The molecule has 0 radical (unpaired) electrons. The Morgan fingerprint density at radius 1 is 1.00 bits per heavy atom. The van der Waals surface area contributed by atoms with Gasteiger partial charge in [-0.25, -0.2) is 0 Å². The number of aryl methyl sites for hydroxylation is 3. The summed E-state index contributed by atoms with van der Waals surface area (Å²) in [6.07, 6.45) is 1.65. The van der Waals surface area contributed by atoms with Gasteiger partial charge in [0.25, 0.3) is 0 Å². The highest BCUT2D eigenvalue weighted by Gasteiger charge is 2.17. The monoisotopic (exact) mass is 432 g/mol. The van der Waals surface area contributed by atoms with Gasteiger partial charge in [-0.05, 0) is 44.0 Å². The smallest absolute Gasteiger partial charge is 0.234 e. The number of aromatic nitrogens is 3. The minimum absolute atomic E-state index is 0.0770. The molecule has 0 aliphatic heterocycles. The first-order valence-corrected chi connectivity index (χ1v) is 11.0. The molecule has 0 spiro atoms. The Bertz CT molecular complexity index is 1160. The number of anilines is 1. The number of furan rings is 1. The molecule has 1 N–H and O–H groups in total. The van der Waals surface area contributed by atoms with Gasteiger partial charge in [0.05, 0.1) is 18.6 Å². The van der Waals surface area contributed by atoms with E-state index in [0.717, 1.165) is 34.0 Å². The van der Waals surface area contributed by atoms with Crippen molar-refractivity contribution in [2.75, 3.05) is 11.1 Å². The largest absolute Gasteiger partial charge is 0.467 e. The third kappa shape index (κ3) is 4.88. The Kier molecular flexibility index (Phi) is 6.23. The van der Waals surface area contributed by atoms with E-state index in [0.29, 0.717) is 11.7 Å². The summed E-state index contributed by atoms with van der Waals surface area (Å²) in [6.45, 7) is 6.52. The molecule has 1 amide bonds. The van der Waals surface area contributed by atoms with Crippen molar-refractivity contribution in [3.63, 3.8) is 0 Å². The molecular formula is C24H24N4O2S. The SMILES string of the molecule is Cc1ccc(-c2nnc(SCC(=O)Nc3c(C)cccc3C)n2Cc2ccco2)cc1. The maximum atomic E-state index is 12.6. The zero-order valence-electron chi connectivity index (χ0n) is 17.8. The lowest BCUT2D eigenvalue weighted by Crippen LogP contribution is -2.16. The summed E-state index contributed by atoms with van der Waals surface area (Å²) in [5, 5.41) is 12.5. The summed E-state index contributed by atoms with van der Waals surface area (Å²) in [5.41, 5.74) is 5.10. The van der Waals surface area contributed by atoms with Gasteiger partial charge in [0.15, 0.2) is 11.0 Å². The molecule has 0 atom stereocenters. The van der Waals surface area contributed by atoms with Gasteiger partial charge >= 0.3 is 0 Å². The van der Waals surface area contributed by atoms with E-state index in [1.807, 2.05) is 79.9 Å². The first-order valence-electron chi connectivity index (χ1n) is 10.0. The molecule has 6 nitrogen and oxygen atoms in total. The molecule has 0 saturated carbocycles. The molecule has 31 heavy (non-hydrogen) atoms. The molecule has 0 unspecified atom stereocenters. The van der Waals surface area contributed by atoms with E-state index in [4.69, 9.17) is 4.42 Å². The summed E-state index contributed by atoms with van der Waals surface area (Å²) in [4.78, 5) is 12.6. The Hall–Kier alpha value is -3.32. The van der Waals surface area contributed by atoms with Crippen LogP contribution in [0.25, 0.3) is 11.4 Å². The standard InChI is InChI=1S/C24H24N4O2S/c1-16-9-11-19(12-10-16)23-26-27-24(28(23)14-20-8-5-13-30-20)31-15-21(29)25-22-17(2)6-4-7-18(22)3/h4-13H,14-15H2,1-3H3,(H,25,29).